The first kappa shape index (κ1) is 12.8. The summed E-state index contributed by atoms with van der Waals surface area (Å²) in [5.74, 6) is 0. The van der Waals surface area contributed by atoms with Crippen molar-refractivity contribution in [1.29, 1.82) is 0 Å². The smallest absolute Gasteiger partial charge is 0.0252 e. The number of rotatable bonds is 7. The molecule has 0 spiro atoms. The lowest BCUT2D eigenvalue weighted by molar-refractivity contribution is 0.398. The summed E-state index contributed by atoms with van der Waals surface area (Å²) >= 11 is 0. The Hall–Kier alpha value is -0.300. The second-order valence-electron chi connectivity index (χ2n) is 4.73. The Morgan fingerprint density at radius 2 is 2.20 bits per heavy atom. The van der Waals surface area contributed by atoms with Gasteiger partial charge in [0.1, 0.15) is 0 Å². The first-order chi connectivity index (χ1) is 7.36. The van der Waals surface area contributed by atoms with Gasteiger partial charge in [0.25, 0.3) is 0 Å². The van der Waals surface area contributed by atoms with Gasteiger partial charge >= 0.3 is 0 Å². The van der Waals surface area contributed by atoms with Crippen molar-refractivity contribution >= 4 is 0 Å². The predicted molar refractivity (Wildman–Crippen MR) is 68.1 cm³/mol. The van der Waals surface area contributed by atoms with Gasteiger partial charge in [-0.2, -0.15) is 0 Å². The van der Waals surface area contributed by atoms with Gasteiger partial charge in [0.2, 0.25) is 0 Å². The molecular formula is C14H27N. The molecule has 2 unspecified atom stereocenters. The van der Waals surface area contributed by atoms with E-state index in [0.29, 0.717) is 6.04 Å². The van der Waals surface area contributed by atoms with E-state index in [1.807, 2.05) is 0 Å². The summed E-state index contributed by atoms with van der Waals surface area (Å²) < 4.78 is 0. The maximum absolute atomic E-state index is 3.78. The van der Waals surface area contributed by atoms with Gasteiger partial charge in [-0.15, -0.1) is 0 Å². The monoisotopic (exact) mass is 209 g/mol. The van der Waals surface area contributed by atoms with E-state index >= 15 is 0 Å². The largest absolute Gasteiger partial charge is 0.308 e. The molecule has 0 bridgehead atoms. The molecule has 0 saturated heterocycles. The number of unbranched alkanes of at least 4 members (excludes halogenated alkanes) is 2. The zero-order chi connectivity index (χ0) is 10.9. The highest BCUT2D eigenvalue weighted by atomic mass is 14.9. The van der Waals surface area contributed by atoms with Crippen LogP contribution in [0.2, 0.25) is 0 Å². The summed E-state index contributed by atoms with van der Waals surface area (Å²) in [7, 11) is 0. The fraction of sp³-hybridized carbons (Fsp3) is 0.857. The van der Waals surface area contributed by atoms with E-state index in [1.54, 1.807) is 0 Å². The van der Waals surface area contributed by atoms with Gasteiger partial charge in [-0.05, 0) is 32.1 Å². The maximum atomic E-state index is 3.78. The third kappa shape index (κ3) is 5.36. The van der Waals surface area contributed by atoms with Crippen LogP contribution in [0.25, 0.3) is 0 Å². The molecule has 0 aliphatic heterocycles. The Bertz CT molecular complexity index is 174. The molecule has 0 aromatic heterocycles. The van der Waals surface area contributed by atoms with E-state index in [2.05, 4.69) is 31.3 Å². The van der Waals surface area contributed by atoms with Crippen LogP contribution in [0.5, 0.6) is 0 Å². The van der Waals surface area contributed by atoms with Gasteiger partial charge in [0.05, 0.1) is 0 Å². The molecule has 0 heterocycles. The topological polar surface area (TPSA) is 12.0 Å². The zero-order valence-electron chi connectivity index (χ0n) is 10.5. The van der Waals surface area contributed by atoms with Crippen molar-refractivity contribution in [2.24, 2.45) is 0 Å². The Balaban J connectivity index is 2.19. The summed E-state index contributed by atoms with van der Waals surface area (Å²) in [5.41, 5.74) is 0. The lowest BCUT2D eigenvalue weighted by Gasteiger charge is -2.24. The Morgan fingerprint density at radius 1 is 1.33 bits per heavy atom. The van der Waals surface area contributed by atoms with Crippen LogP contribution in [0.15, 0.2) is 12.2 Å². The molecule has 15 heavy (non-hydrogen) atoms. The number of hydrogen-bond acceptors (Lipinski definition) is 1. The average molecular weight is 209 g/mol. The molecule has 1 N–H and O–H groups in total. The first-order valence-electron chi connectivity index (χ1n) is 6.79. The van der Waals surface area contributed by atoms with E-state index in [9.17, 15) is 0 Å². The first-order valence-corrected chi connectivity index (χ1v) is 6.79. The van der Waals surface area contributed by atoms with Gasteiger partial charge in [-0.1, -0.05) is 45.3 Å². The molecule has 88 valence electrons. The van der Waals surface area contributed by atoms with Gasteiger partial charge < -0.3 is 5.32 Å². The molecule has 0 amide bonds. The molecule has 2 atom stereocenters. The molecule has 0 radical (unpaired) electrons. The second-order valence-corrected chi connectivity index (χ2v) is 4.73. The molecule has 1 nitrogen and oxygen atoms in total. The maximum Gasteiger partial charge on any atom is 0.0252 e. The van der Waals surface area contributed by atoms with Crippen molar-refractivity contribution in [3.63, 3.8) is 0 Å². The highest BCUT2D eigenvalue weighted by molar-refractivity contribution is 4.98. The van der Waals surface area contributed by atoms with Crippen LogP contribution < -0.4 is 5.32 Å². The van der Waals surface area contributed by atoms with Gasteiger partial charge in [-0.3, -0.25) is 0 Å². The van der Waals surface area contributed by atoms with E-state index in [0.717, 1.165) is 6.04 Å². The quantitative estimate of drug-likeness (QED) is 0.493. The van der Waals surface area contributed by atoms with Crippen molar-refractivity contribution in [1.82, 2.24) is 5.32 Å². The van der Waals surface area contributed by atoms with Crippen LogP contribution in [0.1, 0.15) is 65.2 Å². The summed E-state index contributed by atoms with van der Waals surface area (Å²) in [6.07, 6.45) is 15.4. The molecule has 0 saturated carbocycles. The highest BCUT2D eigenvalue weighted by Crippen LogP contribution is 2.13. The van der Waals surface area contributed by atoms with Gasteiger partial charge in [0.15, 0.2) is 0 Å². The van der Waals surface area contributed by atoms with E-state index < -0.39 is 0 Å². The van der Waals surface area contributed by atoms with Crippen molar-refractivity contribution < 1.29 is 0 Å². The minimum absolute atomic E-state index is 0.658. The van der Waals surface area contributed by atoms with Crippen molar-refractivity contribution in [2.75, 3.05) is 0 Å². The average Bonchev–Trinajstić information content (AvgIpc) is 2.29. The van der Waals surface area contributed by atoms with Gasteiger partial charge in [-0.25, -0.2) is 0 Å². The Kier molecular flexibility index (Phi) is 6.74. The van der Waals surface area contributed by atoms with Crippen molar-refractivity contribution in [3.8, 4) is 0 Å². The molecule has 0 aromatic rings. The van der Waals surface area contributed by atoms with Crippen molar-refractivity contribution in [3.05, 3.63) is 12.2 Å². The minimum Gasteiger partial charge on any atom is -0.308 e. The third-order valence-electron chi connectivity index (χ3n) is 3.35. The standard InChI is InChI=1S/C14H27N/c1-3-5-7-10-13(4-2)15-14-11-8-6-9-12-14/h8,11,13-15H,3-7,9-10,12H2,1-2H3. The van der Waals surface area contributed by atoms with Crippen LogP contribution in [0, 0.1) is 0 Å². The van der Waals surface area contributed by atoms with Gasteiger partial charge in [0, 0.05) is 12.1 Å². The summed E-state index contributed by atoms with van der Waals surface area (Å²) in [6, 6.07) is 1.40. The second kappa shape index (κ2) is 7.92. The zero-order valence-corrected chi connectivity index (χ0v) is 10.5. The molecule has 1 aliphatic carbocycles. The van der Waals surface area contributed by atoms with Crippen LogP contribution in [-0.2, 0) is 0 Å². The van der Waals surface area contributed by atoms with E-state index in [1.165, 1.54) is 51.4 Å². The SMILES string of the molecule is CCCCCC(CC)NC1C=CCCC1. The molecule has 0 fully saturated rings. The van der Waals surface area contributed by atoms with Crippen LogP contribution in [-0.4, -0.2) is 12.1 Å². The van der Waals surface area contributed by atoms with Crippen LogP contribution in [0.3, 0.4) is 0 Å². The fourth-order valence-electron chi connectivity index (χ4n) is 2.30. The molecular weight excluding hydrogens is 182 g/mol. The Morgan fingerprint density at radius 3 is 2.80 bits per heavy atom. The fourth-order valence-corrected chi connectivity index (χ4v) is 2.30. The van der Waals surface area contributed by atoms with Crippen molar-refractivity contribution in [2.45, 2.75) is 77.3 Å². The molecule has 1 heteroatoms. The predicted octanol–water partition coefficient (Wildman–Crippen LogP) is 4.04. The lowest BCUT2D eigenvalue weighted by Crippen LogP contribution is -2.37. The third-order valence-corrected chi connectivity index (χ3v) is 3.35. The van der Waals surface area contributed by atoms with E-state index in [-0.39, 0.29) is 0 Å². The lowest BCUT2D eigenvalue weighted by atomic mass is 9.99. The number of hydrogen-bond donors (Lipinski definition) is 1. The Labute approximate surface area is 95.3 Å². The summed E-state index contributed by atoms with van der Waals surface area (Å²) in [4.78, 5) is 0. The van der Waals surface area contributed by atoms with E-state index in [4.69, 9.17) is 0 Å². The van der Waals surface area contributed by atoms with Crippen LogP contribution in [0.4, 0.5) is 0 Å². The normalized spacial score (nSPS) is 22.9. The number of allylic oxidation sites excluding steroid dienone is 1. The van der Waals surface area contributed by atoms with Crippen LogP contribution >= 0.6 is 0 Å². The molecule has 0 aromatic carbocycles. The molecule has 1 aliphatic rings. The highest BCUT2D eigenvalue weighted by Gasteiger charge is 2.12. The summed E-state index contributed by atoms with van der Waals surface area (Å²) in [5, 5.41) is 3.78. The minimum atomic E-state index is 0.658. The number of nitrogens with one attached hydrogen (secondary N) is 1. The molecule has 1 rings (SSSR count). The summed E-state index contributed by atoms with van der Waals surface area (Å²) in [6.45, 7) is 4.58.